The highest BCUT2D eigenvalue weighted by Gasteiger charge is 2.30. The largest absolute Gasteiger partial charge is 0.416 e. The third kappa shape index (κ3) is 7.61. The molecule has 2 amide bonds. The minimum Gasteiger partial charge on any atom is -0.383 e. The van der Waals surface area contributed by atoms with E-state index in [0.717, 1.165) is 12.1 Å². The van der Waals surface area contributed by atoms with Gasteiger partial charge in [-0.25, -0.2) is 0 Å². The third-order valence-corrected chi connectivity index (χ3v) is 2.57. The molecule has 6 nitrogen and oxygen atoms in total. The summed E-state index contributed by atoms with van der Waals surface area (Å²) in [6.45, 7) is -0.120. The van der Waals surface area contributed by atoms with Crippen LogP contribution in [0, 0.1) is 0 Å². The molecule has 0 saturated carbocycles. The highest BCUT2D eigenvalue weighted by Crippen LogP contribution is 2.30. The van der Waals surface area contributed by atoms with Crippen molar-refractivity contribution in [2.45, 2.75) is 6.18 Å². The summed E-state index contributed by atoms with van der Waals surface area (Å²) in [7, 11) is 1.49. The maximum absolute atomic E-state index is 12.5. The molecule has 1 aromatic rings. The lowest BCUT2D eigenvalue weighted by Crippen LogP contribution is -2.31. The van der Waals surface area contributed by atoms with E-state index in [-0.39, 0.29) is 12.3 Å². The lowest BCUT2D eigenvalue weighted by Gasteiger charge is -2.10. The molecule has 1 rings (SSSR count). The number of amides is 2. The van der Waals surface area contributed by atoms with Crippen LogP contribution in [0.4, 0.5) is 18.9 Å². The summed E-state index contributed by atoms with van der Waals surface area (Å²) in [5, 5.41) is 4.75. The Labute approximate surface area is 130 Å². The van der Waals surface area contributed by atoms with Crippen LogP contribution in [-0.2, 0) is 25.2 Å². The molecule has 0 fully saturated rings. The van der Waals surface area contributed by atoms with Gasteiger partial charge in [0, 0.05) is 19.3 Å². The molecule has 0 aliphatic heterocycles. The van der Waals surface area contributed by atoms with Gasteiger partial charge in [-0.3, -0.25) is 9.59 Å². The molecular weight excluding hydrogens is 317 g/mol. The quantitative estimate of drug-likeness (QED) is 0.705. The fourth-order valence-corrected chi connectivity index (χ4v) is 1.55. The van der Waals surface area contributed by atoms with Gasteiger partial charge in [-0.05, 0) is 18.2 Å². The second kappa shape index (κ2) is 9.11. The van der Waals surface area contributed by atoms with E-state index in [1.54, 1.807) is 0 Å². The first-order chi connectivity index (χ1) is 10.8. The smallest absolute Gasteiger partial charge is 0.383 e. The van der Waals surface area contributed by atoms with Crippen LogP contribution in [0.25, 0.3) is 0 Å². The van der Waals surface area contributed by atoms with Crippen LogP contribution in [0.2, 0.25) is 0 Å². The zero-order chi connectivity index (χ0) is 17.3. The average molecular weight is 334 g/mol. The van der Waals surface area contributed by atoms with Gasteiger partial charge in [-0.1, -0.05) is 6.07 Å². The van der Waals surface area contributed by atoms with Crippen molar-refractivity contribution in [2.24, 2.45) is 0 Å². The van der Waals surface area contributed by atoms with Crippen molar-refractivity contribution in [1.82, 2.24) is 5.32 Å². The number of hydrogen-bond acceptors (Lipinski definition) is 4. The van der Waals surface area contributed by atoms with Gasteiger partial charge >= 0.3 is 6.18 Å². The Hall–Kier alpha value is -2.13. The van der Waals surface area contributed by atoms with E-state index in [0.29, 0.717) is 13.2 Å². The lowest BCUT2D eigenvalue weighted by molar-refractivity contribution is -0.137. The number of alkyl halides is 3. The molecule has 2 N–H and O–H groups in total. The van der Waals surface area contributed by atoms with Crippen LogP contribution < -0.4 is 10.6 Å². The van der Waals surface area contributed by atoms with Crippen molar-refractivity contribution in [1.29, 1.82) is 0 Å². The van der Waals surface area contributed by atoms with Gasteiger partial charge in [0.2, 0.25) is 11.8 Å². The molecular formula is C14H17F3N2O4. The van der Waals surface area contributed by atoms with Crippen LogP contribution in [0.15, 0.2) is 24.3 Å². The number of carbonyl (C=O) groups is 2. The van der Waals surface area contributed by atoms with E-state index in [2.05, 4.69) is 10.6 Å². The van der Waals surface area contributed by atoms with Crippen molar-refractivity contribution >= 4 is 17.5 Å². The number of carbonyl (C=O) groups excluding carboxylic acids is 2. The Kier molecular flexibility index (Phi) is 7.49. The second-order valence-electron chi connectivity index (χ2n) is 4.46. The monoisotopic (exact) mass is 334 g/mol. The first kappa shape index (κ1) is 18.9. The number of benzene rings is 1. The van der Waals surface area contributed by atoms with E-state index in [4.69, 9.17) is 9.47 Å². The van der Waals surface area contributed by atoms with E-state index in [1.165, 1.54) is 19.2 Å². The summed E-state index contributed by atoms with van der Waals surface area (Å²) in [5.41, 5.74) is -0.869. The normalized spacial score (nSPS) is 11.1. The number of halogens is 3. The van der Waals surface area contributed by atoms with Crippen molar-refractivity contribution in [2.75, 3.05) is 38.8 Å². The SMILES string of the molecule is COCCNC(=O)COCC(=O)Nc1cccc(C(F)(F)F)c1. The Morgan fingerprint density at radius 3 is 2.52 bits per heavy atom. The van der Waals surface area contributed by atoms with Gasteiger partial charge in [-0.2, -0.15) is 13.2 Å². The fourth-order valence-electron chi connectivity index (χ4n) is 1.55. The van der Waals surface area contributed by atoms with E-state index < -0.39 is 30.2 Å². The number of anilines is 1. The Bertz CT molecular complexity index is 535. The molecule has 9 heteroatoms. The van der Waals surface area contributed by atoms with Gasteiger partial charge in [0.1, 0.15) is 13.2 Å². The Morgan fingerprint density at radius 1 is 1.17 bits per heavy atom. The maximum atomic E-state index is 12.5. The number of ether oxygens (including phenoxy) is 2. The van der Waals surface area contributed by atoms with Gasteiger partial charge in [0.25, 0.3) is 0 Å². The number of methoxy groups -OCH3 is 1. The lowest BCUT2D eigenvalue weighted by atomic mass is 10.2. The molecule has 23 heavy (non-hydrogen) atoms. The highest BCUT2D eigenvalue weighted by molar-refractivity contribution is 5.92. The number of nitrogens with one attached hydrogen (secondary N) is 2. The van der Waals surface area contributed by atoms with Crippen LogP contribution in [0.5, 0.6) is 0 Å². The Balaban J connectivity index is 2.36. The molecule has 0 saturated heterocycles. The minimum atomic E-state index is -4.49. The number of rotatable bonds is 8. The van der Waals surface area contributed by atoms with E-state index >= 15 is 0 Å². The zero-order valence-corrected chi connectivity index (χ0v) is 12.4. The maximum Gasteiger partial charge on any atom is 0.416 e. The molecule has 0 atom stereocenters. The summed E-state index contributed by atoms with van der Waals surface area (Å²) < 4.78 is 47.2. The van der Waals surface area contributed by atoms with Gasteiger partial charge in [0.15, 0.2) is 0 Å². The first-order valence-electron chi connectivity index (χ1n) is 6.63. The van der Waals surface area contributed by atoms with Crippen LogP contribution in [0.3, 0.4) is 0 Å². The summed E-state index contributed by atoms with van der Waals surface area (Å²) in [6, 6.07) is 4.22. The van der Waals surface area contributed by atoms with Crippen LogP contribution in [-0.4, -0.2) is 45.3 Å². The molecule has 0 unspecified atom stereocenters. The molecule has 0 bridgehead atoms. The number of hydrogen-bond donors (Lipinski definition) is 2. The van der Waals surface area contributed by atoms with Crippen LogP contribution in [0.1, 0.15) is 5.56 Å². The fraction of sp³-hybridized carbons (Fsp3) is 0.429. The Morgan fingerprint density at radius 2 is 1.87 bits per heavy atom. The summed E-state index contributed by atoms with van der Waals surface area (Å²) in [6.07, 6.45) is -4.49. The van der Waals surface area contributed by atoms with Gasteiger partial charge in [-0.15, -0.1) is 0 Å². The van der Waals surface area contributed by atoms with Gasteiger partial charge in [0.05, 0.1) is 12.2 Å². The standard InChI is InChI=1S/C14H17F3N2O4/c1-22-6-5-18-12(20)8-23-9-13(21)19-11-4-2-3-10(7-11)14(15,16)17/h2-4,7H,5-6,8-9H2,1H3,(H,18,20)(H,19,21). The predicted octanol–water partition coefficient (Wildman–Crippen LogP) is 1.42. The predicted molar refractivity (Wildman–Crippen MR) is 75.8 cm³/mol. The van der Waals surface area contributed by atoms with E-state index in [9.17, 15) is 22.8 Å². The van der Waals surface area contributed by atoms with E-state index in [1.807, 2.05) is 0 Å². The van der Waals surface area contributed by atoms with Crippen molar-refractivity contribution in [3.63, 3.8) is 0 Å². The van der Waals surface area contributed by atoms with Crippen molar-refractivity contribution in [3.05, 3.63) is 29.8 Å². The van der Waals surface area contributed by atoms with Crippen molar-refractivity contribution in [3.8, 4) is 0 Å². The molecule has 0 radical (unpaired) electrons. The average Bonchev–Trinajstić information content (AvgIpc) is 2.47. The minimum absolute atomic E-state index is 0.00188. The molecule has 128 valence electrons. The van der Waals surface area contributed by atoms with Crippen molar-refractivity contribution < 1.29 is 32.2 Å². The molecule has 0 heterocycles. The summed E-state index contributed by atoms with van der Waals surface area (Å²) in [5.74, 6) is -1.08. The van der Waals surface area contributed by atoms with Gasteiger partial charge < -0.3 is 20.1 Å². The topological polar surface area (TPSA) is 76.7 Å². The molecule has 0 spiro atoms. The molecule has 0 aliphatic carbocycles. The second-order valence-corrected chi connectivity index (χ2v) is 4.46. The molecule has 1 aromatic carbocycles. The molecule has 0 aromatic heterocycles. The summed E-state index contributed by atoms with van der Waals surface area (Å²) >= 11 is 0. The highest BCUT2D eigenvalue weighted by atomic mass is 19.4. The van der Waals surface area contributed by atoms with Crippen LogP contribution >= 0.6 is 0 Å². The third-order valence-electron chi connectivity index (χ3n) is 2.57. The zero-order valence-electron chi connectivity index (χ0n) is 12.4. The summed E-state index contributed by atoms with van der Waals surface area (Å²) in [4.78, 5) is 22.8. The molecule has 0 aliphatic rings. The first-order valence-corrected chi connectivity index (χ1v) is 6.63.